The number of halogens is 6. The van der Waals surface area contributed by atoms with Gasteiger partial charge in [0.2, 0.25) is 0 Å². The molecule has 0 saturated heterocycles. The lowest BCUT2D eigenvalue weighted by Gasteiger charge is -2.14. The molecular formula is C15H11F6N. The van der Waals surface area contributed by atoms with Crippen LogP contribution in [-0.4, -0.2) is 0 Å². The maximum absolute atomic E-state index is 13.0. The van der Waals surface area contributed by atoms with Gasteiger partial charge in [-0.15, -0.1) is 0 Å². The standard InChI is InChI=1S/C15H11F6N/c16-14(17,18)12-3-1-2-9(6-12)10-4-5-11(8-22)13(7-10)15(19,20)21/h1-7H,8,22H2. The fourth-order valence-corrected chi connectivity index (χ4v) is 2.07. The summed E-state index contributed by atoms with van der Waals surface area (Å²) < 4.78 is 76.9. The molecule has 0 amide bonds. The summed E-state index contributed by atoms with van der Waals surface area (Å²) in [4.78, 5) is 0. The zero-order valence-electron chi connectivity index (χ0n) is 11.1. The molecule has 0 aliphatic carbocycles. The van der Waals surface area contributed by atoms with Gasteiger partial charge in [0, 0.05) is 6.54 Å². The Labute approximate surface area is 122 Å². The highest BCUT2D eigenvalue weighted by atomic mass is 19.4. The fourth-order valence-electron chi connectivity index (χ4n) is 2.07. The first-order valence-corrected chi connectivity index (χ1v) is 6.21. The van der Waals surface area contributed by atoms with E-state index in [1.807, 2.05) is 0 Å². The largest absolute Gasteiger partial charge is 0.416 e. The maximum Gasteiger partial charge on any atom is 0.416 e. The van der Waals surface area contributed by atoms with Crippen LogP contribution in [0.1, 0.15) is 16.7 Å². The van der Waals surface area contributed by atoms with E-state index in [0.717, 1.165) is 24.3 Å². The summed E-state index contributed by atoms with van der Waals surface area (Å²) in [5, 5.41) is 0. The Morgan fingerprint density at radius 3 is 1.95 bits per heavy atom. The molecule has 0 aliphatic heterocycles. The Kier molecular flexibility index (Phi) is 4.19. The van der Waals surface area contributed by atoms with E-state index in [1.165, 1.54) is 18.2 Å². The summed E-state index contributed by atoms with van der Waals surface area (Å²) in [6.45, 7) is -0.308. The molecule has 2 aromatic carbocycles. The molecule has 22 heavy (non-hydrogen) atoms. The van der Waals surface area contributed by atoms with Crippen molar-refractivity contribution in [3.05, 3.63) is 59.2 Å². The topological polar surface area (TPSA) is 26.0 Å². The molecule has 0 saturated carbocycles. The van der Waals surface area contributed by atoms with Crippen LogP contribution in [0.2, 0.25) is 0 Å². The molecule has 2 N–H and O–H groups in total. The molecule has 0 fully saturated rings. The quantitative estimate of drug-likeness (QED) is 0.787. The van der Waals surface area contributed by atoms with Crippen LogP contribution >= 0.6 is 0 Å². The first-order valence-electron chi connectivity index (χ1n) is 6.21. The van der Waals surface area contributed by atoms with Gasteiger partial charge in [0.1, 0.15) is 0 Å². The van der Waals surface area contributed by atoms with E-state index in [2.05, 4.69) is 0 Å². The van der Waals surface area contributed by atoms with Gasteiger partial charge in [-0.25, -0.2) is 0 Å². The highest BCUT2D eigenvalue weighted by Crippen LogP contribution is 2.36. The molecule has 2 aromatic rings. The summed E-state index contributed by atoms with van der Waals surface area (Å²) in [5.74, 6) is 0. The Morgan fingerprint density at radius 2 is 1.41 bits per heavy atom. The van der Waals surface area contributed by atoms with E-state index in [1.54, 1.807) is 0 Å². The Morgan fingerprint density at radius 1 is 0.773 bits per heavy atom. The van der Waals surface area contributed by atoms with Crippen LogP contribution in [0.25, 0.3) is 11.1 Å². The van der Waals surface area contributed by atoms with Gasteiger partial charge in [0.15, 0.2) is 0 Å². The van der Waals surface area contributed by atoms with E-state index in [-0.39, 0.29) is 23.2 Å². The third-order valence-corrected chi connectivity index (χ3v) is 3.16. The van der Waals surface area contributed by atoms with Crippen molar-refractivity contribution in [1.29, 1.82) is 0 Å². The Hall–Kier alpha value is -2.02. The number of nitrogens with two attached hydrogens (primary N) is 1. The van der Waals surface area contributed by atoms with E-state index >= 15 is 0 Å². The summed E-state index contributed by atoms with van der Waals surface area (Å²) in [7, 11) is 0. The zero-order valence-corrected chi connectivity index (χ0v) is 11.1. The van der Waals surface area contributed by atoms with Gasteiger partial charge in [-0.3, -0.25) is 0 Å². The van der Waals surface area contributed by atoms with Crippen LogP contribution in [-0.2, 0) is 18.9 Å². The number of alkyl halides is 6. The lowest BCUT2D eigenvalue weighted by molar-refractivity contribution is -0.138. The first kappa shape index (κ1) is 16.4. The molecule has 1 nitrogen and oxygen atoms in total. The van der Waals surface area contributed by atoms with E-state index in [0.29, 0.717) is 0 Å². The van der Waals surface area contributed by atoms with Gasteiger partial charge in [-0.2, -0.15) is 26.3 Å². The molecule has 7 heteroatoms. The van der Waals surface area contributed by atoms with Crippen LogP contribution in [0, 0.1) is 0 Å². The molecule has 2 rings (SSSR count). The maximum atomic E-state index is 13.0. The molecule has 0 aliphatic rings. The van der Waals surface area contributed by atoms with Gasteiger partial charge >= 0.3 is 12.4 Å². The SMILES string of the molecule is NCc1ccc(-c2cccc(C(F)(F)F)c2)cc1C(F)(F)F. The third-order valence-electron chi connectivity index (χ3n) is 3.16. The summed E-state index contributed by atoms with van der Waals surface area (Å²) in [5.41, 5.74) is 3.42. The van der Waals surface area contributed by atoms with Gasteiger partial charge < -0.3 is 5.73 Å². The van der Waals surface area contributed by atoms with Crippen molar-refractivity contribution in [2.45, 2.75) is 18.9 Å². The molecule has 0 bridgehead atoms. The van der Waals surface area contributed by atoms with Crippen molar-refractivity contribution < 1.29 is 26.3 Å². The lowest BCUT2D eigenvalue weighted by Crippen LogP contribution is -2.12. The minimum absolute atomic E-state index is 0.0515. The minimum atomic E-state index is -4.62. The normalized spacial score (nSPS) is 12.5. The van der Waals surface area contributed by atoms with Gasteiger partial charge in [-0.1, -0.05) is 24.3 Å². The number of hydrogen-bond donors (Lipinski definition) is 1. The Bertz CT molecular complexity index is 672. The number of benzene rings is 2. The van der Waals surface area contributed by atoms with Gasteiger partial charge in [0.25, 0.3) is 0 Å². The summed E-state index contributed by atoms with van der Waals surface area (Å²) >= 11 is 0. The van der Waals surface area contributed by atoms with E-state index in [9.17, 15) is 26.3 Å². The monoisotopic (exact) mass is 319 g/mol. The van der Waals surface area contributed by atoms with Crippen LogP contribution in [0.5, 0.6) is 0 Å². The van der Waals surface area contributed by atoms with Crippen molar-refractivity contribution in [2.75, 3.05) is 0 Å². The smallest absolute Gasteiger partial charge is 0.326 e. The average Bonchev–Trinajstić information content (AvgIpc) is 2.45. The number of hydrogen-bond acceptors (Lipinski definition) is 1. The minimum Gasteiger partial charge on any atom is -0.326 e. The molecule has 0 atom stereocenters. The molecule has 0 spiro atoms. The van der Waals surface area contributed by atoms with Crippen LogP contribution in [0.3, 0.4) is 0 Å². The predicted octanol–water partition coefficient (Wildman–Crippen LogP) is 4.85. The molecule has 0 radical (unpaired) electrons. The number of rotatable bonds is 2. The predicted molar refractivity (Wildman–Crippen MR) is 69.8 cm³/mol. The van der Waals surface area contributed by atoms with Crippen molar-refractivity contribution >= 4 is 0 Å². The molecule has 0 heterocycles. The summed E-state index contributed by atoms with van der Waals surface area (Å²) in [6.07, 6.45) is -9.17. The van der Waals surface area contributed by atoms with Crippen molar-refractivity contribution in [1.82, 2.24) is 0 Å². The van der Waals surface area contributed by atoms with Crippen LogP contribution in [0.15, 0.2) is 42.5 Å². The molecule has 0 unspecified atom stereocenters. The summed E-state index contributed by atoms with van der Waals surface area (Å²) in [6, 6.07) is 7.48. The third kappa shape index (κ3) is 3.41. The highest BCUT2D eigenvalue weighted by Gasteiger charge is 2.34. The second-order valence-electron chi connectivity index (χ2n) is 4.65. The first-order chi connectivity index (χ1) is 10.1. The molecule has 0 aromatic heterocycles. The van der Waals surface area contributed by atoms with Crippen molar-refractivity contribution in [2.24, 2.45) is 5.73 Å². The average molecular weight is 319 g/mol. The molecular weight excluding hydrogens is 308 g/mol. The fraction of sp³-hybridized carbons (Fsp3) is 0.200. The highest BCUT2D eigenvalue weighted by molar-refractivity contribution is 5.66. The van der Waals surface area contributed by atoms with E-state index in [4.69, 9.17) is 5.73 Å². The van der Waals surface area contributed by atoms with Crippen LogP contribution < -0.4 is 5.73 Å². The van der Waals surface area contributed by atoms with Crippen molar-refractivity contribution in [3.8, 4) is 11.1 Å². The van der Waals surface area contributed by atoms with Crippen molar-refractivity contribution in [3.63, 3.8) is 0 Å². The van der Waals surface area contributed by atoms with E-state index < -0.39 is 23.5 Å². The van der Waals surface area contributed by atoms with Gasteiger partial charge in [0.05, 0.1) is 11.1 Å². The lowest BCUT2D eigenvalue weighted by atomic mass is 9.97. The van der Waals surface area contributed by atoms with Gasteiger partial charge in [-0.05, 0) is 34.9 Å². The Balaban J connectivity index is 2.55. The zero-order chi connectivity index (χ0) is 16.5. The second-order valence-corrected chi connectivity index (χ2v) is 4.65. The van der Waals surface area contributed by atoms with Crippen LogP contribution in [0.4, 0.5) is 26.3 Å². The second kappa shape index (κ2) is 5.64. The molecule has 118 valence electrons.